The summed E-state index contributed by atoms with van der Waals surface area (Å²) in [5, 5.41) is 0. The average molecular weight is 413 g/mol. The molecule has 9 heteroatoms. The lowest BCUT2D eigenvalue weighted by molar-refractivity contribution is 0.0827. The van der Waals surface area contributed by atoms with Gasteiger partial charge < -0.3 is 9.47 Å². The first-order valence-corrected chi connectivity index (χ1v) is 9.56. The number of hydrogen-bond acceptors (Lipinski definition) is 4. The van der Waals surface area contributed by atoms with Crippen LogP contribution >= 0.6 is 15.9 Å². The lowest BCUT2D eigenvalue weighted by atomic mass is 10.2. The zero-order valence-corrected chi connectivity index (χ0v) is 15.7. The van der Waals surface area contributed by atoms with Crippen LogP contribution in [0.15, 0.2) is 40.0 Å². The zero-order valence-electron chi connectivity index (χ0n) is 13.3. The highest BCUT2D eigenvalue weighted by molar-refractivity contribution is 9.10. The lowest BCUT2D eigenvalue weighted by Gasteiger charge is -2.27. The molecule has 1 amide bonds. The molecule has 7 nitrogen and oxygen atoms in total. The second-order valence-corrected chi connectivity index (χ2v) is 8.47. The van der Waals surface area contributed by atoms with Crippen LogP contribution in [0.1, 0.15) is 16.2 Å². The summed E-state index contributed by atoms with van der Waals surface area (Å²) in [6, 6.07) is 6.14. The van der Waals surface area contributed by atoms with Crippen molar-refractivity contribution in [3.63, 3.8) is 0 Å². The Labute approximate surface area is 149 Å². The minimum atomic E-state index is -3.68. The van der Waals surface area contributed by atoms with E-state index in [1.807, 2.05) is 4.57 Å². The molecule has 0 radical (unpaired) electrons. The van der Waals surface area contributed by atoms with E-state index in [9.17, 15) is 13.2 Å². The van der Waals surface area contributed by atoms with Gasteiger partial charge in [-0.15, -0.1) is 0 Å². The molecule has 0 fully saturated rings. The van der Waals surface area contributed by atoms with E-state index in [1.54, 1.807) is 32.4 Å². The highest BCUT2D eigenvalue weighted by Crippen LogP contribution is 2.24. The molecule has 1 aromatic heterocycles. The molecule has 128 valence electrons. The second kappa shape index (κ2) is 6.30. The van der Waals surface area contributed by atoms with Gasteiger partial charge in [0.25, 0.3) is 5.91 Å². The van der Waals surface area contributed by atoms with Gasteiger partial charge in [-0.1, -0.05) is 6.07 Å². The average Bonchev–Trinajstić information content (AvgIpc) is 2.95. The van der Waals surface area contributed by atoms with E-state index in [0.29, 0.717) is 24.5 Å². The number of carbonyl (C=O) groups is 1. The van der Waals surface area contributed by atoms with Crippen LogP contribution in [0.2, 0.25) is 0 Å². The summed E-state index contributed by atoms with van der Waals surface area (Å²) in [6.45, 7) is 1.10. The third kappa shape index (κ3) is 2.99. The smallest absolute Gasteiger partial charge is 0.253 e. The zero-order chi connectivity index (χ0) is 17.5. The highest BCUT2D eigenvalue weighted by Gasteiger charge is 2.30. The number of nitrogens with zero attached hydrogens (tertiary/aromatic N) is 4. The number of aromatic nitrogens is 2. The van der Waals surface area contributed by atoms with Crippen LogP contribution < -0.4 is 0 Å². The van der Waals surface area contributed by atoms with Gasteiger partial charge in [0.2, 0.25) is 10.0 Å². The molecule has 2 aromatic rings. The number of carbonyl (C=O) groups excluding carboxylic acids is 1. The molecule has 24 heavy (non-hydrogen) atoms. The molecule has 0 bridgehead atoms. The summed E-state index contributed by atoms with van der Waals surface area (Å²) in [5.74, 6) is 0.461. The molecule has 0 saturated carbocycles. The van der Waals surface area contributed by atoms with Crippen molar-refractivity contribution in [2.75, 3.05) is 20.6 Å². The van der Waals surface area contributed by atoms with Gasteiger partial charge in [0.15, 0.2) is 0 Å². The standard InChI is InChI=1S/C15H17BrN4O3S/c1-18(2)15(21)11-4-3-5-12(8-11)24(22,23)19-6-7-20-13(16)9-17-14(20)10-19/h3-5,8-9H,6-7,10H2,1-2H3. The molecule has 1 aromatic carbocycles. The van der Waals surface area contributed by atoms with Crippen LogP contribution in [0.3, 0.4) is 0 Å². The topological polar surface area (TPSA) is 75.5 Å². The van der Waals surface area contributed by atoms with E-state index in [0.717, 1.165) is 4.60 Å². The molecule has 0 saturated heterocycles. The first-order valence-electron chi connectivity index (χ1n) is 7.32. The summed E-state index contributed by atoms with van der Waals surface area (Å²) < 4.78 is 30.0. The molecular weight excluding hydrogens is 396 g/mol. The van der Waals surface area contributed by atoms with Crippen molar-refractivity contribution in [3.8, 4) is 0 Å². The molecule has 0 atom stereocenters. The highest BCUT2D eigenvalue weighted by atomic mass is 79.9. The first kappa shape index (κ1) is 17.1. The van der Waals surface area contributed by atoms with Gasteiger partial charge in [0.05, 0.1) is 17.6 Å². The van der Waals surface area contributed by atoms with Gasteiger partial charge in [-0.25, -0.2) is 13.4 Å². The molecule has 1 aliphatic rings. The number of amides is 1. The van der Waals surface area contributed by atoms with Gasteiger partial charge in [-0.05, 0) is 34.1 Å². The summed E-state index contributed by atoms with van der Waals surface area (Å²) in [6.07, 6.45) is 1.67. The van der Waals surface area contributed by atoms with Crippen LogP contribution in [0.25, 0.3) is 0 Å². The normalized spacial score (nSPS) is 15.1. The van der Waals surface area contributed by atoms with Crippen LogP contribution in [0, 0.1) is 0 Å². The van der Waals surface area contributed by atoms with Crippen molar-refractivity contribution in [2.24, 2.45) is 0 Å². The van der Waals surface area contributed by atoms with Gasteiger partial charge >= 0.3 is 0 Å². The van der Waals surface area contributed by atoms with Crippen LogP contribution in [0.5, 0.6) is 0 Å². The minimum Gasteiger partial charge on any atom is -0.345 e. The van der Waals surface area contributed by atoms with Crippen molar-refractivity contribution in [1.29, 1.82) is 0 Å². The Kier molecular flexibility index (Phi) is 4.50. The van der Waals surface area contributed by atoms with Gasteiger partial charge in [0.1, 0.15) is 10.4 Å². The summed E-state index contributed by atoms with van der Waals surface area (Å²) in [5.41, 5.74) is 0.349. The maximum absolute atomic E-state index is 12.9. The molecular formula is C15H17BrN4O3S. The first-order chi connectivity index (χ1) is 11.3. The maximum atomic E-state index is 12.9. The Morgan fingerprint density at radius 1 is 1.29 bits per heavy atom. The predicted molar refractivity (Wildman–Crippen MR) is 92.0 cm³/mol. The van der Waals surface area contributed by atoms with Crippen molar-refractivity contribution < 1.29 is 13.2 Å². The molecule has 0 N–H and O–H groups in total. The molecule has 3 rings (SSSR count). The largest absolute Gasteiger partial charge is 0.345 e. The second-order valence-electron chi connectivity index (χ2n) is 5.71. The number of benzene rings is 1. The Morgan fingerprint density at radius 2 is 2.04 bits per heavy atom. The lowest BCUT2D eigenvalue weighted by Crippen LogP contribution is -2.38. The van der Waals surface area contributed by atoms with E-state index in [4.69, 9.17) is 0 Å². The molecule has 1 aliphatic heterocycles. The minimum absolute atomic E-state index is 0.120. The number of fused-ring (bicyclic) bond motifs is 1. The molecule has 0 spiro atoms. The van der Waals surface area contributed by atoms with E-state index in [1.165, 1.54) is 21.3 Å². The van der Waals surface area contributed by atoms with Crippen LogP contribution in [-0.2, 0) is 23.1 Å². The van der Waals surface area contributed by atoms with E-state index in [2.05, 4.69) is 20.9 Å². The van der Waals surface area contributed by atoms with E-state index in [-0.39, 0.29) is 17.3 Å². The summed E-state index contributed by atoms with van der Waals surface area (Å²) in [7, 11) is -0.422. The Bertz CT molecular complexity index is 892. The monoisotopic (exact) mass is 412 g/mol. The third-order valence-corrected chi connectivity index (χ3v) is 6.38. The molecule has 2 heterocycles. The quantitative estimate of drug-likeness (QED) is 0.766. The number of hydrogen-bond donors (Lipinski definition) is 0. The molecule has 0 unspecified atom stereocenters. The van der Waals surface area contributed by atoms with Crippen molar-refractivity contribution in [2.45, 2.75) is 18.0 Å². The predicted octanol–water partition coefficient (Wildman–Crippen LogP) is 1.55. The fraction of sp³-hybridized carbons (Fsp3) is 0.333. The summed E-state index contributed by atoms with van der Waals surface area (Å²) >= 11 is 3.40. The maximum Gasteiger partial charge on any atom is 0.253 e. The number of imidazole rings is 1. The fourth-order valence-electron chi connectivity index (χ4n) is 2.60. The number of rotatable bonds is 3. The van der Waals surface area contributed by atoms with Gasteiger partial charge in [-0.3, -0.25) is 4.79 Å². The SMILES string of the molecule is CN(C)C(=O)c1cccc(S(=O)(=O)N2CCn3c(Br)cnc3C2)c1. The van der Waals surface area contributed by atoms with Crippen molar-refractivity contribution in [1.82, 2.24) is 18.8 Å². The Morgan fingerprint density at radius 3 is 2.75 bits per heavy atom. The van der Waals surface area contributed by atoms with Crippen LogP contribution in [-0.4, -0.2) is 53.7 Å². The van der Waals surface area contributed by atoms with Gasteiger partial charge in [0, 0.05) is 32.7 Å². The van der Waals surface area contributed by atoms with Gasteiger partial charge in [-0.2, -0.15) is 4.31 Å². The molecule has 0 aliphatic carbocycles. The Hall–Kier alpha value is -1.71. The third-order valence-electron chi connectivity index (χ3n) is 3.91. The van der Waals surface area contributed by atoms with E-state index >= 15 is 0 Å². The van der Waals surface area contributed by atoms with Crippen LogP contribution in [0.4, 0.5) is 0 Å². The summed E-state index contributed by atoms with van der Waals surface area (Å²) in [4.78, 5) is 17.8. The number of sulfonamides is 1. The fourth-order valence-corrected chi connectivity index (χ4v) is 4.52. The van der Waals surface area contributed by atoms with Crippen molar-refractivity contribution in [3.05, 3.63) is 46.5 Å². The van der Waals surface area contributed by atoms with Crippen molar-refractivity contribution >= 4 is 31.9 Å². The van der Waals surface area contributed by atoms with E-state index < -0.39 is 10.0 Å². The Balaban J connectivity index is 1.92. The number of halogens is 1.